The SMILES string of the molecule is CCc1ccccc1C(=O)OCC(=O)N(C)C. The van der Waals surface area contributed by atoms with Gasteiger partial charge in [0.05, 0.1) is 5.56 Å². The maximum Gasteiger partial charge on any atom is 0.338 e. The van der Waals surface area contributed by atoms with E-state index < -0.39 is 5.97 Å². The predicted octanol–water partition coefficient (Wildman–Crippen LogP) is 1.49. The van der Waals surface area contributed by atoms with Gasteiger partial charge in [0, 0.05) is 14.1 Å². The first-order valence-corrected chi connectivity index (χ1v) is 5.51. The van der Waals surface area contributed by atoms with Gasteiger partial charge in [0.15, 0.2) is 6.61 Å². The van der Waals surface area contributed by atoms with Crippen LogP contribution in [0.4, 0.5) is 0 Å². The number of ether oxygens (including phenoxy) is 1. The summed E-state index contributed by atoms with van der Waals surface area (Å²) in [5.74, 6) is -0.676. The zero-order valence-electron chi connectivity index (χ0n) is 10.4. The Bertz CT molecular complexity index is 413. The summed E-state index contributed by atoms with van der Waals surface area (Å²) in [5.41, 5.74) is 1.45. The van der Waals surface area contributed by atoms with E-state index in [0.717, 1.165) is 12.0 Å². The maximum absolute atomic E-state index is 11.8. The van der Waals surface area contributed by atoms with Crippen molar-refractivity contribution in [3.05, 3.63) is 35.4 Å². The van der Waals surface area contributed by atoms with Crippen molar-refractivity contribution in [3.8, 4) is 0 Å². The molecule has 0 spiro atoms. The fourth-order valence-electron chi connectivity index (χ4n) is 1.36. The van der Waals surface area contributed by atoms with Crippen LogP contribution in [0, 0.1) is 0 Å². The molecule has 0 N–H and O–H groups in total. The number of nitrogens with zero attached hydrogens (tertiary/aromatic N) is 1. The molecule has 0 saturated carbocycles. The Morgan fingerprint density at radius 1 is 1.24 bits per heavy atom. The van der Waals surface area contributed by atoms with Crippen LogP contribution in [0.1, 0.15) is 22.8 Å². The van der Waals surface area contributed by atoms with Gasteiger partial charge in [-0.05, 0) is 18.1 Å². The van der Waals surface area contributed by atoms with Gasteiger partial charge < -0.3 is 9.64 Å². The molecule has 0 heterocycles. The lowest BCUT2D eigenvalue weighted by molar-refractivity contribution is -0.131. The Labute approximate surface area is 101 Å². The van der Waals surface area contributed by atoms with Gasteiger partial charge in [0.2, 0.25) is 0 Å². The molecule has 0 atom stereocenters. The highest BCUT2D eigenvalue weighted by atomic mass is 16.5. The first kappa shape index (κ1) is 13.2. The molecule has 0 unspecified atom stereocenters. The first-order valence-electron chi connectivity index (χ1n) is 5.51. The molecule has 17 heavy (non-hydrogen) atoms. The highest BCUT2D eigenvalue weighted by Gasteiger charge is 2.13. The molecule has 0 aliphatic carbocycles. The van der Waals surface area contributed by atoms with E-state index in [-0.39, 0.29) is 12.5 Å². The van der Waals surface area contributed by atoms with Crippen molar-refractivity contribution >= 4 is 11.9 Å². The second-order valence-electron chi connectivity index (χ2n) is 3.87. The summed E-state index contributed by atoms with van der Waals surface area (Å²) in [4.78, 5) is 24.4. The van der Waals surface area contributed by atoms with E-state index in [1.165, 1.54) is 4.90 Å². The smallest absolute Gasteiger partial charge is 0.338 e. The lowest BCUT2D eigenvalue weighted by Gasteiger charge is -2.11. The fourth-order valence-corrected chi connectivity index (χ4v) is 1.36. The highest BCUT2D eigenvalue weighted by molar-refractivity contribution is 5.92. The van der Waals surface area contributed by atoms with Crippen LogP contribution < -0.4 is 0 Å². The van der Waals surface area contributed by atoms with Crippen LogP contribution in [0.3, 0.4) is 0 Å². The molecule has 0 fully saturated rings. The van der Waals surface area contributed by atoms with Gasteiger partial charge in [-0.25, -0.2) is 4.79 Å². The molecule has 0 aliphatic rings. The third kappa shape index (κ3) is 3.59. The topological polar surface area (TPSA) is 46.6 Å². The van der Waals surface area contributed by atoms with Gasteiger partial charge in [-0.3, -0.25) is 4.79 Å². The quantitative estimate of drug-likeness (QED) is 0.743. The number of esters is 1. The Balaban J connectivity index is 2.67. The van der Waals surface area contributed by atoms with Crippen LogP contribution in [0.2, 0.25) is 0 Å². The van der Waals surface area contributed by atoms with E-state index in [4.69, 9.17) is 4.74 Å². The van der Waals surface area contributed by atoms with E-state index in [1.807, 2.05) is 19.1 Å². The van der Waals surface area contributed by atoms with Gasteiger partial charge in [-0.2, -0.15) is 0 Å². The number of rotatable bonds is 4. The number of hydrogen-bond acceptors (Lipinski definition) is 3. The highest BCUT2D eigenvalue weighted by Crippen LogP contribution is 2.10. The lowest BCUT2D eigenvalue weighted by atomic mass is 10.1. The second kappa shape index (κ2) is 6.03. The van der Waals surface area contributed by atoms with E-state index in [1.54, 1.807) is 26.2 Å². The zero-order valence-corrected chi connectivity index (χ0v) is 10.4. The van der Waals surface area contributed by atoms with Crippen molar-refractivity contribution < 1.29 is 14.3 Å². The van der Waals surface area contributed by atoms with E-state index in [0.29, 0.717) is 5.56 Å². The molecule has 4 nitrogen and oxygen atoms in total. The molecular formula is C13H17NO3. The fraction of sp³-hybridized carbons (Fsp3) is 0.385. The molecule has 1 amide bonds. The minimum Gasteiger partial charge on any atom is -0.452 e. The average Bonchev–Trinajstić information content (AvgIpc) is 2.35. The zero-order chi connectivity index (χ0) is 12.8. The minimum atomic E-state index is -0.447. The first-order chi connectivity index (χ1) is 8.06. The lowest BCUT2D eigenvalue weighted by Crippen LogP contribution is -2.27. The summed E-state index contributed by atoms with van der Waals surface area (Å²) < 4.78 is 4.96. The van der Waals surface area contributed by atoms with Crippen molar-refractivity contribution in [2.24, 2.45) is 0 Å². The number of carbonyl (C=O) groups is 2. The molecular weight excluding hydrogens is 218 g/mol. The summed E-state index contributed by atoms with van der Waals surface area (Å²) in [6.45, 7) is 1.75. The Kier molecular flexibility index (Phi) is 4.69. The van der Waals surface area contributed by atoms with Crippen molar-refractivity contribution in [3.63, 3.8) is 0 Å². The van der Waals surface area contributed by atoms with Crippen molar-refractivity contribution in [2.45, 2.75) is 13.3 Å². The van der Waals surface area contributed by atoms with Crippen molar-refractivity contribution in [1.29, 1.82) is 0 Å². The van der Waals surface area contributed by atoms with E-state index >= 15 is 0 Å². The minimum absolute atomic E-state index is 0.218. The number of carbonyl (C=O) groups excluding carboxylic acids is 2. The molecule has 0 bridgehead atoms. The Morgan fingerprint density at radius 3 is 2.47 bits per heavy atom. The van der Waals surface area contributed by atoms with Gasteiger partial charge >= 0.3 is 5.97 Å². The van der Waals surface area contributed by atoms with Crippen LogP contribution in [-0.4, -0.2) is 37.5 Å². The molecule has 1 aromatic carbocycles. The van der Waals surface area contributed by atoms with Crippen molar-refractivity contribution in [2.75, 3.05) is 20.7 Å². The van der Waals surface area contributed by atoms with Gasteiger partial charge in [0.25, 0.3) is 5.91 Å². The molecule has 4 heteroatoms. The van der Waals surface area contributed by atoms with Crippen LogP contribution in [0.5, 0.6) is 0 Å². The molecule has 0 aromatic heterocycles. The van der Waals surface area contributed by atoms with Crippen LogP contribution in [0.25, 0.3) is 0 Å². The Morgan fingerprint density at radius 2 is 1.88 bits per heavy atom. The van der Waals surface area contributed by atoms with Gasteiger partial charge in [-0.15, -0.1) is 0 Å². The second-order valence-corrected chi connectivity index (χ2v) is 3.87. The van der Waals surface area contributed by atoms with Gasteiger partial charge in [-0.1, -0.05) is 25.1 Å². The molecule has 92 valence electrons. The molecule has 0 radical (unpaired) electrons. The average molecular weight is 235 g/mol. The summed E-state index contributed by atoms with van der Waals surface area (Å²) in [5, 5.41) is 0. The molecule has 1 rings (SSSR count). The molecule has 1 aromatic rings. The summed E-state index contributed by atoms with van der Waals surface area (Å²) in [7, 11) is 3.24. The number of hydrogen-bond donors (Lipinski definition) is 0. The number of amides is 1. The third-order valence-electron chi connectivity index (χ3n) is 2.44. The van der Waals surface area contributed by atoms with Crippen molar-refractivity contribution in [1.82, 2.24) is 4.90 Å². The maximum atomic E-state index is 11.8. The standard InChI is InChI=1S/C13H17NO3/c1-4-10-7-5-6-8-11(10)13(16)17-9-12(15)14(2)3/h5-8H,4,9H2,1-3H3. The van der Waals surface area contributed by atoms with Crippen LogP contribution in [0.15, 0.2) is 24.3 Å². The van der Waals surface area contributed by atoms with E-state index in [9.17, 15) is 9.59 Å². The largest absolute Gasteiger partial charge is 0.452 e. The third-order valence-corrected chi connectivity index (χ3v) is 2.44. The normalized spacial score (nSPS) is 9.82. The van der Waals surface area contributed by atoms with Gasteiger partial charge in [0.1, 0.15) is 0 Å². The number of likely N-dealkylation sites (N-methyl/N-ethyl adjacent to an activating group) is 1. The molecule has 0 saturated heterocycles. The van der Waals surface area contributed by atoms with Crippen LogP contribution >= 0.6 is 0 Å². The number of aryl methyl sites for hydroxylation is 1. The summed E-state index contributed by atoms with van der Waals surface area (Å²) in [6, 6.07) is 7.25. The monoisotopic (exact) mass is 235 g/mol. The van der Waals surface area contributed by atoms with E-state index in [2.05, 4.69) is 0 Å². The van der Waals surface area contributed by atoms with Crippen LogP contribution in [-0.2, 0) is 16.0 Å². The summed E-state index contributed by atoms with van der Waals surface area (Å²) in [6.07, 6.45) is 0.757. The Hall–Kier alpha value is -1.84. The summed E-state index contributed by atoms with van der Waals surface area (Å²) >= 11 is 0. The number of benzene rings is 1. The molecule has 0 aliphatic heterocycles. The predicted molar refractivity (Wildman–Crippen MR) is 64.8 cm³/mol.